The van der Waals surface area contributed by atoms with Gasteiger partial charge in [0.05, 0.1) is 12.1 Å². The van der Waals surface area contributed by atoms with Crippen LogP contribution < -0.4 is 0 Å². The van der Waals surface area contributed by atoms with Crippen molar-refractivity contribution in [2.45, 2.75) is 12.8 Å². The van der Waals surface area contributed by atoms with Crippen LogP contribution in [0.15, 0.2) is 12.2 Å². The molecule has 2 nitrogen and oxygen atoms in total. The smallest absolute Gasteiger partial charge is 0.0908 e. The van der Waals surface area contributed by atoms with Crippen molar-refractivity contribution in [1.29, 1.82) is 10.5 Å². The molecule has 8 heavy (non-hydrogen) atoms. The lowest BCUT2D eigenvalue weighted by Gasteiger charge is -1.73. The number of nitriles is 2. The molecule has 0 aromatic rings. The van der Waals surface area contributed by atoms with Gasteiger partial charge in [-0.05, 0) is 6.42 Å². The van der Waals surface area contributed by atoms with Crippen molar-refractivity contribution in [1.82, 2.24) is 0 Å². The second kappa shape index (κ2) is 5.72. The average molecular weight is 106 g/mol. The first-order valence-corrected chi connectivity index (χ1v) is 2.33. The Morgan fingerprint density at radius 3 is 2.62 bits per heavy atom. The fraction of sp³-hybridized carbons (Fsp3) is 0.333. The molecule has 0 aliphatic heterocycles. The summed E-state index contributed by atoms with van der Waals surface area (Å²) in [6.07, 6.45) is 4.25. The van der Waals surface area contributed by atoms with Crippen LogP contribution in [0.2, 0.25) is 0 Å². The Morgan fingerprint density at radius 1 is 1.38 bits per heavy atom. The molecule has 0 aromatic heterocycles. The van der Waals surface area contributed by atoms with Crippen LogP contribution in [0.1, 0.15) is 12.8 Å². The number of allylic oxidation sites excluding steroid dienone is 2. The van der Waals surface area contributed by atoms with Gasteiger partial charge in [-0.15, -0.1) is 0 Å². The monoisotopic (exact) mass is 106 g/mol. The third kappa shape index (κ3) is 4.72. The molecule has 0 heterocycles. The maximum absolute atomic E-state index is 8.00. The maximum atomic E-state index is 8.00. The fourth-order valence-electron chi connectivity index (χ4n) is 0.284. The lowest BCUT2D eigenvalue weighted by atomic mass is 10.3. The summed E-state index contributed by atoms with van der Waals surface area (Å²) in [6, 6.07) is 3.80. The average Bonchev–Trinajstić information content (AvgIpc) is 1.81. The standard InChI is InChI=1S/C6H6N2/c7-5-3-1-2-4-6-8/h1,3H,2,4H2. The van der Waals surface area contributed by atoms with Crippen LogP contribution in [0.3, 0.4) is 0 Å². The molecule has 0 aromatic carbocycles. The van der Waals surface area contributed by atoms with Crippen LogP contribution in [-0.2, 0) is 0 Å². The first-order valence-electron chi connectivity index (χ1n) is 2.33. The molecule has 0 saturated heterocycles. The summed E-state index contributed by atoms with van der Waals surface area (Å²) in [7, 11) is 0. The molecule has 0 radical (unpaired) electrons. The van der Waals surface area contributed by atoms with E-state index < -0.39 is 0 Å². The van der Waals surface area contributed by atoms with E-state index in [0.29, 0.717) is 12.8 Å². The summed E-state index contributed by atoms with van der Waals surface area (Å²) >= 11 is 0. The number of rotatable bonds is 2. The molecule has 0 aliphatic carbocycles. The van der Waals surface area contributed by atoms with Gasteiger partial charge in [-0.2, -0.15) is 10.5 Å². The van der Waals surface area contributed by atoms with Crippen molar-refractivity contribution in [3.63, 3.8) is 0 Å². The van der Waals surface area contributed by atoms with E-state index in [1.165, 1.54) is 6.08 Å². The predicted molar refractivity (Wildman–Crippen MR) is 29.6 cm³/mol. The van der Waals surface area contributed by atoms with Crippen molar-refractivity contribution < 1.29 is 0 Å². The van der Waals surface area contributed by atoms with E-state index in [9.17, 15) is 0 Å². The number of hydrogen-bond acceptors (Lipinski definition) is 2. The van der Waals surface area contributed by atoms with Gasteiger partial charge < -0.3 is 0 Å². The minimum atomic E-state index is 0.498. The van der Waals surface area contributed by atoms with Crippen molar-refractivity contribution in [2.24, 2.45) is 0 Å². The van der Waals surface area contributed by atoms with E-state index in [1.54, 1.807) is 6.08 Å². The summed E-state index contributed by atoms with van der Waals surface area (Å²) < 4.78 is 0. The van der Waals surface area contributed by atoms with Gasteiger partial charge >= 0.3 is 0 Å². The van der Waals surface area contributed by atoms with Gasteiger partial charge in [0.25, 0.3) is 0 Å². The molecule has 0 aliphatic rings. The Hall–Kier alpha value is -1.28. The van der Waals surface area contributed by atoms with E-state index in [2.05, 4.69) is 0 Å². The molecule has 0 N–H and O–H groups in total. The molecule has 0 rings (SSSR count). The molecule has 0 bridgehead atoms. The number of nitrogens with zero attached hydrogens (tertiary/aromatic N) is 2. The summed E-state index contributed by atoms with van der Waals surface area (Å²) in [5.41, 5.74) is 0. The molecule has 0 spiro atoms. The normalized spacial score (nSPS) is 8.25. The summed E-state index contributed by atoms with van der Waals surface area (Å²) in [4.78, 5) is 0. The van der Waals surface area contributed by atoms with Crippen LogP contribution in [0.5, 0.6) is 0 Å². The van der Waals surface area contributed by atoms with Gasteiger partial charge in [-0.3, -0.25) is 0 Å². The third-order valence-corrected chi connectivity index (χ3v) is 0.615. The van der Waals surface area contributed by atoms with Gasteiger partial charge in [0.2, 0.25) is 0 Å². The summed E-state index contributed by atoms with van der Waals surface area (Å²) in [6.45, 7) is 0. The Labute approximate surface area is 48.7 Å². The van der Waals surface area contributed by atoms with Crippen molar-refractivity contribution >= 4 is 0 Å². The van der Waals surface area contributed by atoms with Gasteiger partial charge in [0.15, 0.2) is 0 Å². The van der Waals surface area contributed by atoms with E-state index in [0.717, 1.165) is 0 Å². The van der Waals surface area contributed by atoms with Crippen LogP contribution in [0, 0.1) is 22.7 Å². The zero-order valence-corrected chi connectivity index (χ0v) is 4.46. The molecule has 2 heteroatoms. The number of unbranched alkanes of at least 4 members (excludes halogenated alkanes) is 1. The minimum Gasteiger partial charge on any atom is -0.198 e. The largest absolute Gasteiger partial charge is 0.198 e. The Bertz CT molecular complexity index is 145. The molecular formula is C6H6N2. The van der Waals surface area contributed by atoms with Crippen LogP contribution >= 0.6 is 0 Å². The van der Waals surface area contributed by atoms with Gasteiger partial charge in [0.1, 0.15) is 0 Å². The second-order valence-corrected chi connectivity index (χ2v) is 1.23. The molecular weight excluding hydrogens is 100 g/mol. The predicted octanol–water partition coefficient (Wildman–Crippen LogP) is 1.37. The SMILES string of the molecule is N#CC=CCCC#N. The minimum absolute atomic E-state index is 0.498. The number of hydrogen-bond donors (Lipinski definition) is 0. The summed E-state index contributed by atoms with van der Waals surface area (Å²) in [5.74, 6) is 0. The van der Waals surface area contributed by atoms with E-state index in [4.69, 9.17) is 10.5 Å². The molecule has 40 valence electrons. The second-order valence-electron chi connectivity index (χ2n) is 1.23. The highest BCUT2D eigenvalue weighted by molar-refractivity contribution is 5.01. The quantitative estimate of drug-likeness (QED) is 0.394. The summed E-state index contributed by atoms with van der Waals surface area (Å²) in [5, 5.41) is 15.9. The lowest BCUT2D eigenvalue weighted by molar-refractivity contribution is 1.06. The first-order chi connectivity index (χ1) is 3.91. The molecule has 0 fully saturated rings. The Kier molecular flexibility index (Phi) is 4.80. The topological polar surface area (TPSA) is 47.6 Å². The highest BCUT2D eigenvalue weighted by Crippen LogP contribution is 1.86. The molecule has 0 amide bonds. The maximum Gasteiger partial charge on any atom is 0.0908 e. The highest BCUT2D eigenvalue weighted by Gasteiger charge is 1.73. The zero-order valence-electron chi connectivity index (χ0n) is 4.46. The van der Waals surface area contributed by atoms with Gasteiger partial charge in [0, 0.05) is 12.5 Å². The van der Waals surface area contributed by atoms with Crippen molar-refractivity contribution in [2.75, 3.05) is 0 Å². The zero-order chi connectivity index (χ0) is 6.24. The van der Waals surface area contributed by atoms with Crippen molar-refractivity contribution in [3.05, 3.63) is 12.2 Å². The first kappa shape index (κ1) is 6.72. The lowest BCUT2D eigenvalue weighted by Crippen LogP contribution is -1.60. The molecule has 0 saturated carbocycles. The van der Waals surface area contributed by atoms with Crippen LogP contribution in [-0.4, -0.2) is 0 Å². The third-order valence-electron chi connectivity index (χ3n) is 0.615. The molecule has 0 atom stereocenters. The Balaban J connectivity index is 3.10. The van der Waals surface area contributed by atoms with Gasteiger partial charge in [-0.1, -0.05) is 6.08 Å². The van der Waals surface area contributed by atoms with E-state index in [-0.39, 0.29) is 0 Å². The molecule has 0 unspecified atom stereocenters. The fourth-order valence-corrected chi connectivity index (χ4v) is 0.284. The van der Waals surface area contributed by atoms with Crippen LogP contribution in [0.25, 0.3) is 0 Å². The van der Waals surface area contributed by atoms with Crippen LogP contribution in [0.4, 0.5) is 0 Å². The highest BCUT2D eigenvalue weighted by atomic mass is 14.2. The van der Waals surface area contributed by atoms with E-state index in [1.807, 2.05) is 12.1 Å². The Morgan fingerprint density at radius 2 is 2.12 bits per heavy atom. The van der Waals surface area contributed by atoms with Gasteiger partial charge in [-0.25, -0.2) is 0 Å². The van der Waals surface area contributed by atoms with E-state index >= 15 is 0 Å². The van der Waals surface area contributed by atoms with Crippen molar-refractivity contribution in [3.8, 4) is 12.1 Å².